The van der Waals surface area contributed by atoms with Crippen LogP contribution in [0.3, 0.4) is 0 Å². The van der Waals surface area contributed by atoms with Crippen LogP contribution in [0.1, 0.15) is 5.82 Å². The summed E-state index contributed by atoms with van der Waals surface area (Å²) in [5.74, 6) is -0.847. The van der Waals surface area contributed by atoms with Crippen LogP contribution in [0.5, 0.6) is 11.5 Å². The van der Waals surface area contributed by atoms with E-state index in [9.17, 15) is 22.8 Å². The molecule has 1 amide bonds. The van der Waals surface area contributed by atoms with E-state index in [0.717, 1.165) is 7.05 Å². The fourth-order valence-electron chi connectivity index (χ4n) is 2.43. The van der Waals surface area contributed by atoms with E-state index in [0.29, 0.717) is 20.7 Å². The minimum Gasteiger partial charge on any atom is -0.485 e. The molecular formula is C15H15F3N4O4. The maximum Gasteiger partial charge on any atom is 0.451 e. The van der Waals surface area contributed by atoms with Gasteiger partial charge in [-0.2, -0.15) is 13.2 Å². The van der Waals surface area contributed by atoms with E-state index in [1.165, 1.54) is 0 Å². The second kappa shape index (κ2) is 6.73. The zero-order valence-electron chi connectivity index (χ0n) is 13.6. The number of amides is 1. The van der Waals surface area contributed by atoms with Gasteiger partial charge >= 0.3 is 11.9 Å². The van der Waals surface area contributed by atoms with E-state index in [2.05, 4.69) is 10.4 Å². The van der Waals surface area contributed by atoms with Crippen molar-refractivity contribution in [2.24, 2.45) is 7.05 Å². The lowest BCUT2D eigenvalue weighted by molar-refractivity contribution is -0.147. The zero-order valence-corrected chi connectivity index (χ0v) is 13.6. The van der Waals surface area contributed by atoms with Crippen molar-refractivity contribution in [3.05, 3.63) is 40.6 Å². The zero-order chi connectivity index (χ0) is 18.9. The predicted octanol–water partition coefficient (Wildman–Crippen LogP) is 0.557. The molecule has 0 saturated heterocycles. The van der Waals surface area contributed by atoms with Gasteiger partial charge in [-0.3, -0.25) is 9.36 Å². The molecule has 0 radical (unpaired) electrons. The highest BCUT2D eigenvalue weighted by atomic mass is 19.4. The summed E-state index contributed by atoms with van der Waals surface area (Å²) in [6.07, 6.45) is -5.63. The maximum absolute atomic E-state index is 12.7. The molecule has 8 nitrogen and oxygen atoms in total. The number of hydrogen-bond acceptors (Lipinski definition) is 5. The standard InChI is InChI=1S/C15H15F3N4O4/c1-21-13(15(16,17)18)20-22(14(21)24)7-6-19-12(23)11-8-25-9-4-2-3-5-10(9)26-11/h2-5,11H,6-8H2,1H3,(H,19,23). The first-order valence-electron chi connectivity index (χ1n) is 7.64. The van der Waals surface area contributed by atoms with Crippen LogP contribution in [-0.4, -0.2) is 39.5 Å². The summed E-state index contributed by atoms with van der Waals surface area (Å²) in [6, 6.07) is 6.85. The van der Waals surface area contributed by atoms with Gasteiger partial charge in [-0.25, -0.2) is 9.48 Å². The molecule has 26 heavy (non-hydrogen) atoms. The molecule has 1 aliphatic heterocycles. The number of carbonyl (C=O) groups is 1. The van der Waals surface area contributed by atoms with E-state index >= 15 is 0 Å². The quantitative estimate of drug-likeness (QED) is 0.847. The summed E-state index contributed by atoms with van der Waals surface area (Å²) in [4.78, 5) is 23.9. The van der Waals surface area contributed by atoms with Crippen molar-refractivity contribution in [1.82, 2.24) is 19.7 Å². The lowest BCUT2D eigenvalue weighted by atomic mass is 10.2. The van der Waals surface area contributed by atoms with Crippen molar-refractivity contribution in [3.63, 3.8) is 0 Å². The van der Waals surface area contributed by atoms with Crippen molar-refractivity contribution < 1.29 is 27.4 Å². The number of halogens is 3. The van der Waals surface area contributed by atoms with Gasteiger partial charge in [-0.1, -0.05) is 12.1 Å². The molecule has 11 heteroatoms. The third-order valence-electron chi connectivity index (χ3n) is 3.72. The number of hydrogen-bond donors (Lipinski definition) is 1. The van der Waals surface area contributed by atoms with Gasteiger partial charge in [-0.05, 0) is 12.1 Å². The van der Waals surface area contributed by atoms with Crippen molar-refractivity contribution in [1.29, 1.82) is 0 Å². The molecule has 0 aliphatic carbocycles. The molecule has 1 unspecified atom stereocenters. The first-order chi connectivity index (χ1) is 12.3. The number of alkyl halides is 3. The van der Waals surface area contributed by atoms with E-state index in [-0.39, 0.29) is 19.7 Å². The van der Waals surface area contributed by atoms with Crippen molar-refractivity contribution in [2.75, 3.05) is 13.2 Å². The number of benzene rings is 1. The number of nitrogens with zero attached hydrogens (tertiary/aromatic N) is 3. The lowest BCUT2D eigenvalue weighted by Gasteiger charge is -2.25. The minimum atomic E-state index is -4.73. The number of para-hydroxylation sites is 2. The molecule has 1 atom stereocenters. The van der Waals surface area contributed by atoms with Gasteiger partial charge in [0.2, 0.25) is 11.9 Å². The third-order valence-corrected chi connectivity index (χ3v) is 3.72. The second-order valence-electron chi connectivity index (χ2n) is 5.54. The smallest absolute Gasteiger partial charge is 0.451 e. The Bertz CT molecular complexity index is 875. The van der Waals surface area contributed by atoms with Gasteiger partial charge in [0.25, 0.3) is 5.91 Å². The van der Waals surface area contributed by atoms with Gasteiger partial charge in [0, 0.05) is 13.6 Å². The van der Waals surface area contributed by atoms with Crippen molar-refractivity contribution in [2.45, 2.75) is 18.8 Å². The van der Waals surface area contributed by atoms with E-state index in [1.54, 1.807) is 24.3 Å². The summed E-state index contributed by atoms with van der Waals surface area (Å²) in [5.41, 5.74) is -0.919. The van der Waals surface area contributed by atoms with Gasteiger partial charge < -0.3 is 14.8 Å². The average molecular weight is 372 g/mol. The van der Waals surface area contributed by atoms with Crippen molar-refractivity contribution >= 4 is 5.91 Å². The van der Waals surface area contributed by atoms with Gasteiger partial charge in [0.1, 0.15) is 6.61 Å². The highest BCUT2D eigenvalue weighted by Crippen LogP contribution is 2.30. The molecule has 2 heterocycles. The van der Waals surface area contributed by atoms with Crippen LogP contribution in [0.25, 0.3) is 0 Å². The fraction of sp³-hybridized carbons (Fsp3) is 0.400. The molecule has 0 fully saturated rings. The van der Waals surface area contributed by atoms with E-state index in [4.69, 9.17) is 9.47 Å². The Morgan fingerprint density at radius 2 is 2.04 bits per heavy atom. The van der Waals surface area contributed by atoms with Crippen LogP contribution in [0.15, 0.2) is 29.1 Å². The van der Waals surface area contributed by atoms with E-state index < -0.39 is 29.7 Å². The Morgan fingerprint density at radius 3 is 2.69 bits per heavy atom. The lowest BCUT2D eigenvalue weighted by Crippen LogP contribution is -2.45. The van der Waals surface area contributed by atoms with Crippen LogP contribution >= 0.6 is 0 Å². The van der Waals surface area contributed by atoms with Gasteiger partial charge in [0.05, 0.1) is 6.54 Å². The predicted molar refractivity (Wildman–Crippen MR) is 81.8 cm³/mol. The topological polar surface area (TPSA) is 87.4 Å². The van der Waals surface area contributed by atoms with Crippen LogP contribution in [0.4, 0.5) is 13.2 Å². The molecule has 3 rings (SSSR count). The first kappa shape index (κ1) is 17.8. The van der Waals surface area contributed by atoms with Crippen LogP contribution in [0, 0.1) is 0 Å². The summed E-state index contributed by atoms with van der Waals surface area (Å²) in [6.45, 7) is -0.294. The Labute approximate surface area is 145 Å². The van der Waals surface area contributed by atoms with Crippen LogP contribution in [0.2, 0.25) is 0 Å². The molecule has 1 aliphatic rings. The second-order valence-corrected chi connectivity index (χ2v) is 5.54. The molecule has 1 aromatic heterocycles. The van der Waals surface area contributed by atoms with Gasteiger partial charge in [0.15, 0.2) is 11.5 Å². The maximum atomic E-state index is 12.7. The molecule has 0 spiro atoms. The number of aromatic nitrogens is 3. The molecule has 2 aromatic rings. The summed E-state index contributed by atoms with van der Waals surface area (Å²) < 4.78 is 50.2. The van der Waals surface area contributed by atoms with Crippen LogP contribution < -0.4 is 20.5 Å². The Balaban J connectivity index is 1.58. The number of rotatable bonds is 4. The van der Waals surface area contributed by atoms with Crippen molar-refractivity contribution in [3.8, 4) is 11.5 Å². The number of fused-ring (bicyclic) bond motifs is 1. The molecule has 0 bridgehead atoms. The Kier molecular flexibility index (Phi) is 4.62. The third kappa shape index (κ3) is 3.51. The average Bonchev–Trinajstić information content (AvgIpc) is 2.90. The normalized spacial score (nSPS) is 16.4. The monoisotopic (exact) mass is 372 g/mol. The Morgan fingerprint density at radius 1 is 1.35 bits per heavy atom. The highest BCUT2D eigenvalue weighted by Gasteiger charge is 2.38. The number of nitrogens with one attached hydrogen (secondary N) is 1. The SMILES string of the molecule is Cn1c(C(F)(F)F)nn(CCNC(=O)C2COc3ccccc3O2)c1=O. The molecule has 1 aromatic carbocycles. The minimum absolute atomic E-state index is 0.00457. The fourth-order valence-corrected chi connectivity index (χ4v) is 2.43. The molecular weight excluding hydrogens is 357 g/mol. The summed E-state index contributed by atoms with van der Waals surface area (Å²) >= 11 is 0. The molecule has 1 N–H and O–H groups in total. The van der Waals surface area contributed by atoms with Crippen LogP contribution in [-0.2, 0) is 24.6 Å². The van der Waals surface area contributed by atoms with E-state index in [1.807, 2.05) is 0 Å². The number of ether oxygens (including phenoxy) is 2. The summed E-state index contributed by atoms with van der Waals surface area (Å²) in [5, 5.41) is 5.75. The summed E-state index contributed by atoms with van der Waals surface area (Å²) in [7, 11) is 0.984. The molecule has 140 valence electrons. The Hall–Kier alpha value is -2.98. The van der Waals surface area contributed by atoms with Gasteiger partial charge in [-0.15, -0.1) is 5.10 Å². The first-order valence-corrected chi connectivity index (χ1v) is 7.64. The number of carbonyl (C=O) groups excluding carboxylic acids is 1. The largest absolute Gasteiger partial charge is 0.485 e. The highest BCUT2D eigenvalue weighted by molar-refractivity contribution is 5.81. The molecule has 0 saturated carbocycles.